The van der Waals surface area contributed by atoms with Crippen molar-refractivity contribution >= 4 is 50.4 Å². The van der Waals surface area contributed by atoms with Crippen LogP contribution in [0.4, 0.5) is 5.82 Å². The zero-order chi connectivity index (χ0) is 27.9. The van der Waals surface area contributed by atoms with Crippen LogP contribution in [0.5, 0.6) is 0 Å². The summed E-state index contributed by atoms with van der Waals surface area (Å²) in [5.41, 5.74) is 2.01. The second-order valence-corrected chi connectivity index (χ2v) is 9.36. The molecule has 0 bridgehead atoms. The van der Waals surface area contributed by atoms with Gasteiger partial charge in [-0.05, 0) is 23.8 Å². The van der Waals surface area contributed by atoms with E-state index < -0.39 is 37.4 Å². The number of nitrogens with zero attached hydrogens (tertiary/aromatic N) is 5. The molecule has 13 heteroatoms. The number of aliphatic hydroxyl groups is 2. The van der Waals surface area contributed by atoms with Crippen molar-refractivity contribution in [1.82, 2.24) is 29.8 Å². The molecule has 36 heavy (non-hydrogen) atoms. The Bertz CT molecular complexity index is 1520. The highest BCUT2D eigenvalue weighted by molar-refractivity contribution is 9.10. The molecular formula is C23H21BrClN7O4. The summed E-state index contributed by atoms with van der Waals surface area (Å²) >= 11 is 9.55. The molecule has 5 rings (SSSR count). The number of ether oxygens (including phenoxy) is 1. The first-order chi connectivity index (χ1) is 18.5. The standard InChI is InChI=1S/C23H21BrClN7O4/c1-26-22(35)18-16(33)17(34)23(36-18)32-10-29-15-20(28-7-11-2-4-13(24)5-3-11)30-19(31-21(15)32)12-6-14(25)9-27-8-12/h2-6,8-10,16-18,23,33-34H,7H2,1H3,(H,26,35)(H,28,30,31)/t16-,17+,18-,23+/m0/s1/i1D3. The van der Waals surface area contributed by atoms with Crippen LogP contribution >= 0.6 is 27.5 Å². The highest BCUT2D eigenvalue weighted by atomic mass is 79.9. The molecule has 0 unspecified atom stereocenters. The van der Waals surface area contributed by atoms with Gasteiger partial charge in [0.25, 0.3) is 5.91 Å². The molecule has 1 saturated heterocycles. The summed E-state index contributed by atoms with van der Waals surface area (Å²) in [7, 11) is 0. The zero-order valence-corrected chi connectivity index (χ0v) is 20.7. The topological polar surface area (TPSA) is 147 Å². The van der Waals surface area contributed by atoms with Crippen LogP contribution in [0.2, 0.25) is 5.02 Å². The van der Waals surface area contributed by atoms with Gasteiger partial charge < -0.3 is 25.6 Å². The van der Waals surface area contributed by atoms with Crippen LogP contribution in [-0.2, 0) is 16.1 Å². The van der Waals surface area contributed by atoms with E-state index in [4.69, 9.17) is 20.5 Å². The highest BCUT2D eigenvalue weighted by Crippen LogP contribution is 2.34. The van der Waals surface area contributed by atoms with E-state index in [1.807, 2.05) is 24.3 Å². The molecule has 1 aromatic carbocycles. The number of benzene rings is 1. The van der Waals surface area contributed by atoms with Crippen LogP contribution in [0.1, 0.15) is 15.9 Å². The minimum Gasteiger partial charge on any atom is -0.387 e. The SMILES string of the molecule is [2H]C([2H])([2H])NC(=O)[C@H]1O[C@@H](n2cnc3c(NCc4ccc(Br)cc4)nc(-c4cncc(Cl)c4)nc32)[C@H](O)[C@@H]1O. The van der Waals surface area contributed by atoms with Gasteiger partial charge in [-0.15, -0.1) is 0 Å². The number of pyridine rings is 1. The number of rotatable bonds is 6. The molecule has 3 aromatic heterocycles. The number of imidazole rings is 1. The fraction of sp³-hybridized carbons (Fsp3) is 0.261. The first kappa shape index (κ1) is 21.0. The van der Waals surface area contributed by atoms with Crippen molar-refractivity contribution in [2.45, 2.75) is 31.1 Å². The molecule has 1 amide bonds. The summed E-state index contributed by atoms with van der Waals surface area (Å²) in [6, 6.07) is 9.32. The normalized spacial score (nSPS) is 23.2. The summed E-state index contributed by atoms with van der Waals surface area (Å²) < 4.78 is 29.6. The summed E-state index contributed by atoms with van der Waals surface area (Å²) in [6.45, 7) is -2.40. The number of aromatic nitrogens is 5. The number of carbonyl (C=O) groups excluding carboxylic acids is 1. The van der Waals surface area contributed by atoms with E-state index in [2.05, 4.69) is 41.2 Å². The number of amides is 1. The van der Waals surface area contributed by atoms with Crippen LogP contribution in [0.15, 0.2) is 53.5 Å². The summed E-state index contributed by atoms with van der Waals surface area (Å²) in [6.07, 6.45) is -1.92. The number of carbonyl (C=O) groups is 1. The van der Waals surface area contributed by atoms with Crippen LogP contribution in [0, 0.1) is 0 Å². The summed E-state index contributed by atoms with van der Waals surface area (Å²) in [5, 5.41) is 26.6. The van der Waals surface area contributed by atoms with E-state index >= 15 is 0 Å². The smallest absolute Gasteiger partial charge is 0.251 e. The third-order valence-corrected chi connectivity index (χ3v) is 6.39. The first-order valence-corrected chi connectivity index (χ1v) is 11.8. The third-order valence-electron chi connectivity index (χ3n) is 5.65. The molecule has 0 aliphatic carbocycles. The van der Waals surface area contributed by atoms with Gasteiger partial charge >= 0.3 is 0 Å². The quantitative estimate of drug-likeness (QED) is 0.271. The van der Waals surface area contributed by atoms with Gasteiger partial charge in [-0.2, -0.15) is 0 Å². The van der Waals surface area contributed by atoms with Gasteiger partial charge in [0.05, 0.1) is 11.3 Å². The zero-order valence-electron chi connectivity index (χ0n) is 21.3. The fourth-order valence-corrected chi connectivity index (χ4v) is 4.29. The molecule has 4 atom stereocenters. The van der Waals surface area contributed by atoms with E-state index in [1.54, 1.807) is 11.4 Å². The van der Waals surface area contributed by atoms with E-state index in [1.165, 1.54) is 23.3 Å². The number of nitrogens with one attached hydrogen (secondary N) is 2. The predicted octanol–water partition coefficient (Wildman–Crippen LogP) is 2.28. The van der Waals surface area contributed by atoms with Crippen molar-refractivity contribution in [2.24, 2.45) is 0 Å². The number of hydrogen-bond acceptors (Lipinski definition) is 9. The molecule has 4 heterocycles. The lowest BCUT2D eigenvalue weighted by atomic mass is 10.1. The molecular weight excluding hydrogens is 554 g/mol. The van der Waals surface area contributed by atoms with Crippen molar-refractivity contribution in [2.75, 3.05) is 12.3 Å². The monoisotopic (exact) mass is 576 g/mol. The average Bonchev–Trinajstić information content (AvgIpc) is 3.43. The molecule has 1 aliphatic rings. The Balaban J connectivity index is 1.53. The molecule has 11 nitrogen and oxygen atoms in total. The summed E-state index contributed by atoms with van der Waals surface area (Å²) in [4.78, 5) is 30.1. The van der Waals surface area contributed by atoms with Gasteiger partial charge in [-0.1, -0.05) is 39.7 Å². The van der Waals surface area contributed by atoms with Gasteiger partial charge in [-0.25, -0.2) is 15.0 Å². The van der Waals surface area contributed by atoms with Gasteiger partial charge in [0, 0.05) is 40.1 Å². The number of fused-ring (bicyclic) bond motifs is 1. The Hall–Kier alpha value is -3.16. The molecule has 1 aliphatic heterocycles. The fourth-order valence-electron chi connectivity index (χ4n) is 3.85. The van der Waals surface area contributed by atoms with Crippen LogP contribution in [0.25, 0.3) is 22.6 Å². The largest absolute Gasteiger partial charge is 0.387 e. The minimum atomic E-state index is -2.80. The first-order valence-electron chi connectivity index (χ1n) is 12.2. The van der Waals surface area contributed by atoms with E-state index in [9.17, 15) is 15.0 Å². The lowest BCUT2D eigenvalue weighted by Gasteiger charge is -2.17. The van der Waals surface area contributed by atoms with E-state index in [0.29, 0.717) is 28.5 Å². The molecule has 1 fully saturated rings. The van der Waals surface area contributed by atoms with Gasteiger partial charge in [0.2, 0.25) is 0 Å². The molecule has 0 radical (unpaired) electrons. The van der Waals surface area contributed by atoms with Crippen LogP contribution in [-0.4, -0.2) is 65.9 Å². The second-order valence-electron chi connectivity index (χ2n) is 8.01. The molecule has 4 aromatic rings. The number of hydrogen-bond donors (Lipinski definition) is 4. The Morgan fingerprint density at radius 2 is 2.06 bits per heavy atom. The van der Waals surface area contributed by atoms with Crippen molar-refractivity contribution in [3.63, 3.8) is 0 Å². The number of anilines is 1. The van der Waals surface area contributed by atoms with Gasteiger partial charge in [0.1, 0.15) is 12.2 Å². The van der Waals surface area contributed by atoms with E-state index in [0.717, 1.165) is 10.0 Å². The summed E-state index contributed by atoms with van der Waals surface area (Å²) in [5.74, 6) is -0.491. The Labute approximate surface area is 222 Å². The maximum Gasteiger partial charge on any atom is 0.251 e. The number of likely N-dealkylation sites (N-methyl/N-ethyl adjacent to an activating group) is 1. The lowest BCUT2D eigenvalue weighted by Crippen LogP contribution is -2.41. The minimum absolute atomic E-state index is 0.214. The second kappa shape index (κ2) is 10.1. The molecule has 186 valence electrons. The Morgan fingerprint density at radius 3 is 2.81 bits per heavy atom. The number of aliphatic hydroxyl groups excluding tert-OH is 2. The molecule has 0 saturated carbocycles. The van der Waals surface area contributed by atoms with Crippen LogP contribution in [0.3, 0.4) is 0 Å². The van der Waals surface area contributed by atoms with Crippen molar-refractivity contribution < 1.29 is 23.9 Å². The molecule has 4 N–H and O–H groups in total. The Kier molecular flexibility index (Phi) is 5.87. The van der Waals surface area contributed by atoms with Crippen molar-refractivity contribution in [3.8, 4) is 11.4 Å². The van der Waals surface area contributed by atoms with Crippen molar-refractivity contribution in [1.29, 1.82) is 0 Å². The predicted molar refractivity (Wildman–Crippen MR) is 135 cm³/mol. The molecule has 0 spiro atoms. The highest BCUT2D eigenvalue weighted by Gasteiger charge is 2.47. The maximum atomic E-state index is 12.4. The maximum absolute atomic E-state index is 12.4. The average molecular weight is 578 g/mol. The lowest BCUT2D eigenvalue weighted by molar-refractivity contribution is -0.137. The van der Waals surface area contributed by atoms with Crippen molar-refractivity contribution in [3.05, 3.63) is 64.1 Å². The van der Waals surface area contributed by atoms with Crippen LogP contribution < -0.4 is 10.6 Å². The van der Waals surface area contributed by atoms with E-state index in [-0.39, 0.29) is 11.5 Å². The third kappa shape index (κ3) is 4.65. The Morgan fingerprint density at radius 1 is 1.25 bits per heavy atom. The van der Waals surface area contributed by atoms with Gasteiger partial charge in [-0.3, -0.25) is 14.3 Å². The van der Waals surface area contributed by atoms with Gasteiger partial charge in [0.15, 0.2) is 35.1 Å². The number of halogens is 2.